The maximum atomic E-state index is 12.8. The number of fused-ring (bicyclic) bond motifs is 1. The summed E-state index contributed by atoms with van der Waals surface area (Å²) in [5.41, 5.74) is 1.34. The summed E-state index contributed by atoms with van der Waals surface area (Å²) in [7, 11) is 4.12. The third-order valence-corrected chi connectivity index (χ3v) is 6.65. The van der Waals surface area contributed by atoms with E-state index < -0.39 is 0 Å². The molecule has 1 aliphatic heterocycles. The van der Waals surface area contributed by atoms with Crippen LogP contribution in [0.5, 0.6) is 0 Å². The summed E-state index contributed by atoms with van der Waals surface area (Å²) in [6.45, 7) is 3.60. The van der Waals surface area contributed by atoms with Gasteiger partial charge in [-0.15, -0.1) is 22.7 Å². The lowest BCUT2D eigenvalue weighted by molar-refractivity contribution is 0.164. The average Bonchev–Trinajstić information content (AvgIpc) is 3.24. The van der Waals surface area contributed by atoms with Crippen LogP contribution in [0.2, 0.25) is 0 Å². The molecule has 0 radical (unpaired) electrons. The number of thiophene rings is 2. The Morgan fingerprint density at radius 2 is 2.21 bits per heavy atom. The molecule has 4 nitrogen and oxygen atoms in total. The molecule has 2 amide bonds. The van der Waals surface area contributed by atoms with E-state index >= 15 is 0 Å². The maximum absolute atomic E-state index is 12.8. The number of hydrogen-bond donors (Lipinski definition) is 1. The Morgan fingerprint density at radius 1 is 1.38 bits per heavy atom. The minimum absolute atomic E-state index is 0.0575. The largest absolute Gasteiger partial charge is 0.336 e. The molecule has 2 aromatic rings. The molecule has 130 valence electrons. The normalized spacial score (nSPS) is 18.5. The molecular weight excluding hydrogens is 338 g/mol. The third-order valence-electron chi connectivity index (χ3n) is 4.68. The first-order valence-electron chi connectivity index (χ1n) is 8.42. The molecule has 6 heteroatoms. The number of carbonyl (C=O) groups excluding carboxylic acids is 1. The number of carbonyl (C=O) groups is 1. The highest BCUT2D eigenvalue weighted by Gasteiger charge is 2.30. The number of likely N-dealkylation sites (N-methyl/N-ethyl adjacent to an activating group) is 1. The van der Waals surface area contributed by atoms with Gasteiger partial charge < -0.3 is 15.1 Å². The fraction of sp³-hybridized carbons (Fsp3) is 0.500. The fourth-order valence-corrected chi connectivity index (χ4v) is 5.23. The first kappa shape index (κ1) is 17.5. The van der Waals surface area contributed by atoms with Crippen LogP contribution >= 0.6 is 22.7 Å². The highest BCUT2D eigenvalue weighted by atomic mass is 32.1. The minimum atomic E-state index is 0.0575. The van der Waals surface area contributed by atoms with E-state index in [1.165, 1.54) is 15.3 Å². The third kappa shape index (κ3) is 3.50. The van der Waals surface area contributed by atoms with Gasteiger partial charge in [-0.05, 0) is 55.4 Å². The van der Waals surface area contributed by atoms with Gasteiger partial charge in [-0.25, -0.2) is 4.79 Å². The highest BCUT2D eigenvalue weighted by Crippen LogP contribution is 2.35. The summed E-state index contributed by atoms with van der Waals surface area (Å²) in [6, 6.07) is 6.86. The first-order valence-corrected chi connectivity index (χ1v) is 10.2. The molecular formula is C18H25N3OS2. The molecule has 0 saturated heterocycles. The van der Waals surface area contributed by atoms with Crippen LogP contribution in [0.1, 0.15) is 40.7 Å². The molecule has 0 aromatic carbocycles. The van der Waals surface area contributed by atoms with E-state index in [1.54, 1.807) is 11.3 Å². The first-order chi connectivity index (χ1) is 11.6. The Hall–Kier alpha value is -1.37. The van der Waals surface area contributed by atoms with Crippen LogP contribution in [-0.2, 0) is 6.42 Å². The Kier molecular flexibility index (Phi) is 5.58. The van der Waals surface area contributed by atoms with E-state index in [9.17, 15) is 4.79 Å². The fourth-order valence-electron chi connectivity index (χ4n) is 3.38. The molecule has 1 N–H and O–H groups in total. The second kappa shape index (κ2) is 7.68. The lowest BCUT2D eigenvalue weighted by atomic mass is 9.98. The van der Waals surface area contributed by atoms with Crippen molar-refractivity contribution in [3.05, 3.63) is 44.3 Å². The molecule has 3 rings (SSSR count). The van der Waals surface area contributed by atoms with Crippen molar-refractivity contribution in [2.45, 2.75) is 31.8 Å². The van der Waals surface area contributed by atoms with E-state index in [4.69, 9.17) is 0 Å². The van der Waals surface area contributed by atoms with Gasteiger partial charge in [0.2, 0.25) is 0 Å². The standard InChI is InChI=1S/C18H25N3OS2/c1-4-14-13-8-11-24-16(13)7-9-21(14)18(22)19-12-15(20(2)3)17-6-5-10-23-17/h5-6,8,10-11,14-15H,4,7,9,12H2,1-3H3,(H,19,22). The summed E-state index contributed by atoms with van der Waals surface area (Å²) in [6.07, 6.45) is 1.93. The summed E-state index contributed by atoms with van der Waals surface area (Å²) in [4.78, 5) is 19.7. The minimum Gasteiger partial charge on any atom is -0.336 e. The molecule has 0 spiro atoms. The van der Waals surface area contributed by atoms with Crippen LogP contribution in [0.15, 0.2) is 29.0 Å². The van der Waals surface area contributed by atoms with E-state index in [1.807, 2.05) is 16.2 Å². The van der Waals surface area contributed by atoms with E-state index in [2.05, 4.69) is 60.2 Å². The molecule has 1 aliphatic rings. The Bertz CT molecular complexity index is 666. The van der Waals surface area contributed by atoms with Gasteiger partial charge in [0, 0.05) is 22.8 Å². The number of nitrogens with one attached hydrogen (secondary N) is 1. The quantitative estimate of drug-likeness (QED) is 0.867. The van der Waals surface area contributed by atoms with Crippen LogP contribution in [0.3, 0.4) is 0 Å². The average molecular weight is 364 g/mol. The lowest BCUT2D eigenvalue weighted by Gasteiger charge is -2.36. The van der Waals surface area contributed by atoms with Crippen molar-refractivity contribution in [1.29, 1.82) is 0 Å². The van der Waals surface area contributed by atoms with E-state index in [0.717, 1.165) is 19.4 Å². The lowest BCUT2D eigenvalue weighted by Crippen LogP contribution is -2.47. The van der Waals surface area contributed by atoms with Crippen molar-refractivity contribution in [3.63, 3.8) is 0 Å². The van der Waals surface area contributed by atoms with Gasteiger partial charge in [-0.1, -0.05) is 13.0 Å². The second-order valence-electron chi connectivity index (χ2n) is 6.35. The molecule has 2 atom stereocenters. The van der Waals surface area contributed by atoms with Crippen LogP contribution in [0.25, 0.3) is 0 Å². The summed E-state index contributed by atoms with van der Waals surface area (Å²) in [5, 5.41) is 7.40. The Balaban J connectivity index is 1.66. The zero-order valence-corrected chi connectivity index (χ0v) is 16.1. The van der Waals surface area contributed by atoms with Crippen LogP contribution in [-0.4, -0.2) is 43.0 Å². The van der Waals surface area contributed by atoms with Crippen molar-refractivity contribution in [1.82, 2.24) is 15.1 Å². The number of urea groups is 1. The molecule has 0 fully saturated rings. The van der Waals surface area contributed by atoms with Gasteiger partial charge in [0.05, 0.1) is 12.1 Å². The second-order valence-corrected chi connectivity index (χ2v) is 8.33. The zero-order chi connectivity index (χ0) is 17.1. The molecule has 0 aliphatic carbocycles. The molecule has 24 heavy (non-hydrogen) atoms. The van der Waals surface area contributed by atoms with Gasteiger partial charge in [0.1, 0.15) is 0 Å². The van der Waals surface area contributed by atoms with E-state index in [0.29, 0.717) is 6.54 Å². The summed E-state index contributed by atoms with van der Waals surface area (Å²) in [5.74, 6) is 0. The van der Waals surface area contributed by atoms with Crippen molar-refractivity contribution >= 4 is 28.7 Å². The molecule has 2 aromatic heterocycles. The summed E-state index contributed by atoms with van der Waals surface area (Å²) < 4.78 is 0. The van der Waals surface area contributed by atoms with Gasteiger partial charge in [0.25, 0.3) is 0 Å². The molecule has 2 unspecified atom stereocenters. The monoisotopic (exact) mass is 363 g/mol. The summed E-state index contributed by atoms with van der Waals surface area (Å²) >= 11 is 3.55. The van der Waals surface area contributed by atoms with Crippen LogP contribution in [0, 0.1) is 0 Å². The van der Waals surface area contributed by atoms with Gasteiger partial charge in [0.15, 0.2) is 0 Å². The SMILES string of the molecule is CCC1c2ccsc2CCN1C(=O)NCC(c1cccs1)N(C)C. The van der Waals surface area contributed by atoms with Crippen molar-refractivity contribution in [3.8, 4) is 0 Å². The number of hydrogen-bond acceptors (Lipinski definition) is 4. The Morgan fingerprint density at radius 3 is 2.88 bits per heavy atom. The van der Waals surface area contributed by atoms with Gasteiger partial charge in [-0.2, -0.15) is 0 Å². The number of nitrogens with zero attached hydrogens (tertiary/aromatic N) is 2. The zero-order valence-electron chi connectivity index (χ0n) is 14.5. The molecule has 3 heterocycles. The molecule has 0 saturated carbocycles. The van der Waals surface area contributed by atoms with Crippen molar-refractivity contribution < 1.29 is 4.79 Å². The number of rotatable bonds is 5. The van der Waals surface area contributed by atoms with Crippen LogP contribution in [0.4, 0.5) is 4.79 Å². The highest BCUT2D eigenvalue weighted by molar-refractivity contribution is 7.10. The smallest absolute Gasteiger partial charge is 0.317 e. The number of amides is 2. The maximum Gasteiger partial charge on any atom is 0.317 e. The van der Waals surface area contributed by atoms with Gasteiger partial charge in [-0.3, -0.25) is 0 Å². The van der Waals surface area contributed by atoms with E-state index in [-0.39, 0.29) is 18.1 Å². The Labute approximate surface area is 152 Å². The predicted octanol–water partition coefficient (Wildman–Crippen LogP) is 4.13. The predicted molar refractivity (Wildman–Crippen MR) is 102 cm³/mol. The van der Waals surface area contributed by atoms with Crippen molar-refractivity contribution in [2.24, 2.45) is 0 Å². The van der Waals surface area contributed by atoms with Crippen molar-refractivity contribution in [2.75, 3.05) is 27.2 Å². The topological polar surface area (TPSA) is 35.6 Å². The van der Waals surface area contributed by atoms with Gasteiger partial charge >= 0.3 is 6.03 Å². The van der Waals surface area contributed by atoms with Crippen LogP contribution < -0.4 is 5.32 Å². The molecule has 0 bridgehead atoms.